The minimum atomic E-state index is -0.340. The maximum atomic E-state index is 13.4. The smallest absolute Gasteiger partial charge is 0.256 e. The Morgan fingerprint density at radius 3 is 2.21 bits per heavy atom. The van der Waals surface area contributed by atoms with E-state index < -0.39 is 0 Å². The van der Waals surface area contributed by atoms with Crippen molar-refractivity contribution < 1.29 is 13.9 Å². The number of carbonyl (C=O) groups is 1. The van der Waals surface area contributed by atoms with Gasteiger partial charge in [0.05, 0.1) is 12.8 Å². The molecular weight excluding hydrogens is 437 g/mol. The van der Waals surface area contributed by atoms with Gasteiger partial charge in [-0.25, -0.2) is 4.39 Å². The van der Waals surface area contributed by atoms with E-state index in [9.17, 15) is 9.18 Å². The number of ether oxygens (including phenoxy) is 1. The lowest BCUT2D eigenvalue weighted by Crippen LogP contribution is -2.14. The summed E-state index contributed by atoms with van der Waals surface area (Å²) in [6.45, 7) is 0. The normalized spacial score (nSPS) is 11.2. The molecule has 4 rings (SSSR count). The van der Waals surface area contributed by atoms with Gasteiger partial charge in [-0.15, -0.1) is 0 Å². The van der Waals surface area contributed by atoms with Gasteiger partial charge in [0, 0.05) is 10.6 Å². The van der Waals surface area contributed by atoms with Gasteiger partial charge in [-0.05, 0) is 58.7 Å². The SMILES string of the molecule is COc1ccc(Cl)cc1NC(=O)/C(=C/c1ccc(F)cc1)c1ccc(-c2ccccc2)cc1. The van der Waals surface area contributed by atoms with Crippen molar-refractivity contribution in [3.05, 3.63) is 119 Å². The molecule has 0 radical (unpaired) electrons. The molecule has 0 atom stereocenters. The summed E-state index contributed by atoms with van der Waals surface area (Å²) in [5.41, 5.74) is 4.42. The zero-order chi connectivity index (χ0) is 23.2. The molecule has 0 heterocycles. The summed E-state index contributed by atoms with van der Waals surface area (Å²) < 4.78 is 18.7. The number of benzene rings is 4. The maximum absolute atomic E-state index is 13.4. The first-order chi connectivity index (χ1) is 16.0. The number of anilines is 1. The van der Waals surface area contributed by atoms with Crippen LogP contribution in [-0.4, -0.2) is 13.0 Å². The molecule has 1 N–H and O–H groups in total. The van der Waals surface area contributed by atoms with Gasteiger partial charge in [-0.3, -0.25) is 4.79 Å². The molecule has 3 nitrogen and oxygen atoms in total. The minimum absolute atomic E-state index is 0.339. The zero-order valence-corrected chi connectivity index (χ0v) is 18.6. The highest BCUT2D eigenvalue weighted by Crippen LogP contribution is 2.30. The van der Waals surface area contributed by atoms with Crippen LogP contribution in [0.5, 0.6) is 5.75 Å². The molecule has 0 aromatic heterocycles. The van der Waals surface area contributed by atoms with Gasteiger partial charge < -0.3 is 10.1 Å². The molecule has 5 heteroatoms. The number of methoxy groups -OCH3 is 1. The summed E-state index contributed by atoms with van der Waals surface area (Å²) in [4.78, 5) is 13.4. The lowest BCUT2D eigenvalue weighted by atomic mass is 9.98. The van der Waals surface area contributed by atoms with Crippen LogP contribution in [0.2, 0.25) is 5.02 Å². The molecule has 4 aromatic carbocycles. The van der Waals surface area contributed by atoms with E-state index in [0.717, 1.165) is 16.7 Å². The van der Waals surface area contributed by atoms with Crippen molar-refractivity contribution in [1.29, 1.82) is 0 Å². The first-order valence-electron chi connectivity index (χ1n) is 10.3. The second kappa shape index (κ2) is 10.2. The standard InChI is InChI=1S/C28H21ClFNO2/c1-33-27-16-13-23(29)18-26(27)31-28(32)25(17-19-7-14-24(30)15-8-19)22-11-9-21(10-12-22)20-5-3-2-4-6-20/h2-18H,1H3,(H,31,32)/b25-17+. The fourth-order valence-electron chi connectivity index (χ4n) is 3.45. The fraction of sp³-hybridized carbons (Fsp3) is 0.0357. The third-order valence-electron chi connectivity index (χ3n) is 5.14. The molecule has 0 aliphatic heterocycles. The maximum Gasteiger partial charge on any atom is 0.256 e. The Hall–Kier alpha value is -3.89. The lowest BCUT2D eigenvalue weighted by Gasteiger charge is -2.13. The average molecular weight is 458 g/mol. The number of amides is 1. The Labute approximate surface area is 197 Å². The number of halogens is 2. The van der Waals surface area contributed by atoms with Crippen molar-refractivity contribution in [3.63, 3.8) is 0 Å². The van der Waals surface area contributed by atoms with Gasteiger partial charge in [0.2, 0.25) is 0 Å². The van der Waals surface area contributed by atoms with Crippen molar-refractivity contribution >= 4 is 34.8 Å². The van der Waals surface area contributed by atoms with Crippen LogP contribution in [0.25, 0.3) is 22.8 Å². The summed E-state index contributed by atoms with van der Waals surface area (Å²) in [6.07, 6.45) is 1.73. The lowest BCUT2D eigenvalue weighted by molar-refractivity contribution is -0.111. The third kappa shape index (κ3) is 5.48. The topological polar surface area (TPSA) is 38.3 Å². The molecule has 0 bridgehead atoms. The average Bonchev–Trinajstić information content (AvgIpc) is 2.84. The Kier molecular flexibility index (Phi) is 6.86. The first-order valence-corrected chi connectivity index (χ1v) is 10.7. The van der Waals surface area contributed by atoms with Gasteiger partial charge in [-0.1, -0.05) is 78.3 Å². The number of hydrogen-bond acceptors (Lipinski definition) is 2. The van der Waals surface area contributed by atoms with Crippen LogP contribution in [0.15, 0.2) is 97.1 Å². The number of nitrogens with one attached hydrogen (secondary N) is 1. The highest BCUT2D eigenvalue weighted by atomic mass is 35.5. The molecule has 0 saturated carbocycles. The summed E-state index contributed by atoms with van der Waals surface area (Å²) in [5.74, 6) is -0.185. The van der Waals surface area contributed by atoms with Gasteiger partial charge in [0.15, 0.2) is 0 Å². The molecule has 0 saturated heterocycles. The summed E-state index contributed by atoms with van der Waals surface area (Å²) in [7, 11) is 1.52. The monoisotopic (exact) mass is 457 g/mol. The van der Waals surface area contributed by atoms with E-state index in [1.54, 1.807) is 36.4 Å². The van der Waals surface area contributed by atoms with Crippen molar-refractivity contribution in [1.82, 2.24) is 0 Å². The first kappa shape index (κ1) is 22.3. The minimum Gasteiger partial charge on any atom is -0.495 e. The highest BCUT2D eigenvalue weighted by molar-refractivity contribution is 6.32. The quantitative estimate of drug-likeness (QED) is 0.243. The molecule has 0 aliphatic carbocycles. The van der Waals surface area contributed by atoms with E-state index in [0.29, 0.717) is 27.6 Å². The van der Waals surface area contributed by atoms with Crippen molar-refractivity contribution in [2.75, 3.05) is 12.4 Å². The molecule has 33 heavy (non-hydrogen) atoms. The Balaban J connectivity index is 1.72. The number of carbonyl (C=O) groups excluding carboxylic acids is 1. The van der Waals surface area contributed by atoms with E-state index in [-0.39, 0.29) is 11.7 Å². The number of hydrogen-bond donors (Lipinski definition) is 1. The predicted molar refractivity (Wildman–Crippen MR) is 133 cm³/mol. The van der Waals surface area contributed by atoms with Gasteiger partial charge in [0.25, 0.3) is 5.91 Å². The summed E-state index contributed by atoms with van der Waals surface area (Å²) in [6, 6.07) is 28.7. The van der Waals surface area contributed by atoms with Crippen LogP contribution in [-0.2, 0) is 4.79 Å². The van der Waals surface area contributed by atoms with Gasteiger partial charge >= 0.3 is 0 Å². The molecule has 1 amide bonds. The number of rotatable bonds is 6. The summed E-state index contributed by atoms with van der Waals surface area (Å²) >= 11 is 6.12. The molecule has 0 aliphatic rings. The molecule has 0 unspecified atom stereocenters. The zero-order valence-electron chi connectivity index (χ0n) is 17.9. The Bertz CT molecular complexity index is 1280. The molecule has 164 valence electrons. The molecular formula is C28H21ClFNO2. The fourth-order valence-corrected chi connectivity index (χ4v) is 3.62. The third-order valence-corrected chi connectivity index (χ3v) is 5.37. The van der Waals surface area contributed by atoms with E-state index in [1.807, 2.05) is 54.6 Å². The van der Waals surface area contributed by atoms with Crippen LogP contribution in [0.3, 0.4) is 0 Å². The second-order valence-corrected chi connectivity index (χ2v) is 7.79. The van der Waals surface area contributed by atoms with Crippen LogP contribution >= 0.6 is 11.6 Å². The van der Waals surface area contributed by atoms with Gasteiger partial charge in [0.1, 0.15) is 11.6 Å². The van der Waals surface area contributed by atoms with Crippen LogP contribution < -0.4 is 10.1 Å². The van der Waals surface area contributed by atoms with Gasteiger partial charge in [-0.2, -0.15) is 0 Å². The largest absolute Gasteiger partial charge is 0.495 e. The highest BCUT2D eigenvalue weighted by Gasteiger charge is 2.16. The van der Waals surface area contributed by atoms with E-state index in [2.05, 4.69) is 5.32 Å². The van der Waals surface area contributed by atoms with Crippen molar-refractivity contribution in [3.8, 4) is 16.9 Å². The second-order valence-electron chi connectivity index (χ2n) is 7.35. The van der Waals surface area contributed by atoms with E-state index in [4.69, 9.17) is 16.3 Å². The van der Waals surface area contributed by atoms with E-state index in [1.165, 1.54) is 19.2 Å². The van der Waals surface area contributed by atoms with Crippen molar-refractivity contribution in [2.45, 2.75) is 0 Å². The van der Waals surface area contributed by atoms with Crippen molar-refractivity contribution in [2.24, 2.45) is 0 Å². The molecule has 4 aromatic rings. The Morgan fingerprint density at radius 2 is 1.55 bits per heavy atom. The van der Waals surface area contributed by atoms with Crippen LogP contribution in [0, 0.1) is 5.82 Å². The summed E-state index contributed by atoms with van der Waals surface area (Å²) in [5, 5.41) is 3.36. The molecule has 0 spiro atoms. The predicted octanol–water partition coefficient (Wildman–Crippen LogP) is 7.33. The van der Waals surface area contributed by atoms with Crippen LogP contribution in [0.1, 0.15) is 11.1 Å². The van der Waals surface area contributed by atoms with E-state index >= 15 is 0 Å². The van der Waals surface area contributed by atoms with Crippen LogP contribution in [0.4, 0.5) is 10.1 Å². The Morgan fingerprint density at radius 1 is 0.879 bits per heavy atom. The molecule has 0 fully saturated rings.